The molecule has 0 spiro atoms. The fourth-order valence-electron chi connectivity index (χ4n) is 2.44. The molecule has 27 heavy (non-hydrogen) atoms. The van der Waals surface area contributed by atoms with Crippen molar-refractivity contribution in [1.29, 1.82) is 0 Å². The molecule has 2 aromatic carbocycles. The van der Waals surface area contributed by atoms with Gasteiger partial charge in [0.2, 0.25) is 0 Å². The number of ether oxygens (including phenoxy) is 1. The third kappa shape index (κ3) is 5.84. The SMILES string of the molecule is Cc1csc(SCc2ccc(C(=O)NCCOc3ccccc3C)cc2)n1. The van der Waals surface area contributed by atoms with Crippen LogP contribution in [0, 0.1) is 13.8 Å². The van der Waals surface area contributed by atoms with E-state index in [2.05, 4.69) is 15.7 Å². The summed E-state index contributed by atoms with van der Waals surface area (Å²) in [5, 5.41) is 4.95. The monoisotopic (exact) mass is 398 g/mol. The van der Waals surface area contributed by atoms with Gasteiger partial charge in [-0.25, -0.2) is 4.98 Å². The van der Waals surface area contributed by atoms with Gasteiger partial charge >= 0.3 is 0 Å². The van der Waals surface area contributed by atoms with Crippen molar-refractivity contribution in [1.82, 2.24) is 10.3 Å². The Morgan fingerprint density at radius 1 is 1.15 bits per heavy atom. The maximum absolute atomic E-state index is 12.2. The standard InChI is InChI=1S/C21H22N2O2S2/c1-15-5-3-4-6-19(15)25-12-11-22-20(24)18-9-7-17(8-10-18)14-27-21-23-16(2)13-26-21/h3-10,13H,11-12,14H2,1-2H3,(H,22,24). The lowest BCUT2D eigenvalue weighted by atomic mass is 10.1. The van der Waals surface area contributed by atoms with E-state index in [-0.39, 0.29) is 5.91 Å². The predicted molar refractivity (Wildman–Crippen MR) is 112 cm³/mol. The molecule has 1 heterocycles. The van der Waals surface area contributed by atoms with Gasteiger partial charge in [0.15, 0.2) is 0 Å². The number of aromatic nitrogens is 1. The molecule has 6 heteroatoms. The number of aryl methyl sites for hydroxylation is 2. The van der Waals surface area contributed by atoms with Gasteiger partial charge in [0.1, 0.15) is 16.7 Å². The minimum Gasteiger partial charge on any atom is -0.491 e. The predicted octanol–water partition coefficient (Wildman–Crippen LogP) is 4.86. The Morgan fingerprint density at radius 3 is 2.63 bits per heavy atom. The van der Waals surface area contributed by atoms with Gasteiger partial charge in [-0.05, 0) is 43.2 Å². The van der Waals surface area contributed by atoms with E-state index >= 15 is 0 Å². The lowest BCUT2D eigenvalue weighted by Crippen LogP contribution is -2.28. The molecule has 0 radical (unpaired) electrons. The van der Waals surface area contributed by atoms with Crippen LogP contribution in [0.1, 0.15) is 27.2 Å². The molecule has 0 aliphatic rings. The van der Waals surface area contributed by atoms with Crippen molar-refractivity contribution < 1.29 is 9.53 Å². The van der Waals surface area contributed by atoms with E-state index in [1.54, 1.807) is 23.1 Å². The molecular weight excluding hydrogens is 376 g/mol. The first-order chi connectivity index (χ1) is 13.1. The molecule has 1 N–H and O–H groups in total. The van der Waals surface area contributed by atoms with E-state index < -0.39 is 0 Å². The number of thioether (sulfide) groups is 1. The Kier molecular flexibility index (Phi) is 6.90. The summed E-state index contributed by atoms with van der Waals surface area (Å²) in [6, 6.07) is 15.6. The number of para-hydroxylation sites is 1. The van der Waals surface area contributed by atoms with Crippen LogP contribution >= 0.6 is 23.1 Å². The third-order valence-corrected chi connectivity index (χ3v) is 6.13. The molecule has 4 nitrogen and oxygen atoms in total. The Morgan fingerprint density at radius 2 is 1.93 bits per heavy atom. The fraction of sp³-hybridized carbons (Fsp3) is 0.238. The Hall–Kier alpha value is -2.31. The molecule has 0 fully saturated rings. The molecule has 0 aliphatic heterocycles. The molecule has 0 aliphatic carbocycles. The van der Waals surface area contributed by atoms with Gasteiger partial charge in [-0.1, -0.05) is 42.1 Å². The van der Waals surface area contributed by atoms with E-state index in [0.29, 0.717) is 18.7 Å². The number of amides is 1. The normalized spacial score (nSPS) is 10.6. The van der Waals surface area contributed by atoms with Crippen molar-refractivity contribution in [2.45, 2.75) is 23.9 Å². The number of carbonyl (C=O) groups is 1. The average molecular weight is 399 g/mol. The van der Waals surface area contributed by atoms with Crippen molar-refractivity contribution in [2.75, 3.05) is 13.2 Å². The lowest BCUT2D eigenvalue weighted by molar-refractivity contribution is 0.0947. The summed E-state index contributed by atoms with van der Waals surface area (Å²) in [5.74, 6) is 1.61. The van der Waals surface area contributed by atoms with Crippen LogP contribution in [-0.4, -0.2) is 24.0 Å². The summed E-state index contributed by atoms with van der Waals surface area (Å²) < 4.78 is 6.77. The minimum atomic E-state index is -0.0851. The second-order valence-electron chi connectivity index (χ2n) is 6.11. The number of nitrogens with zero attached hydrogens (tertiary/aromatic N) is 1. The van der Waals surface area contributed by atoms with Gasteiger partial charge in [0.05, 0.1) is 6.54 Å². The Balaban J connectivity index is 1.42. The smallest absolute Gasteiger partial charge is 0.251 e. The Labute approximate surface area is 168 Å². The summed E-state index contributed by atoms with van der Waals surface area (Å²) in [6.07, 6.45) is 0. The van der Waals surface area contributed by atoms with Gasteiger partial charge in [0.25, 0.3) is 5.91 Å². The number of nitrogens with one attached hydrogen (secondary N) is 1. The van der Waals surface area contributed by atoms with E-state index in [0.717, 1.165) is 27.1 Å². The molecule has 0 atom stereocenters. The van der Waals surface area contributed by atoms with Gasteiger partial charge in [0, 0.05) is 22.4 Å². The van der Waals surface area contributed by atoms with Crippen LogP contribution in [0.2, 0.25) is 0 Å². The summed E-state index contributed by atoms with van der Waals surface area (Å²) in [4.78, 5) is 16.7. The maximum Gasteiger partial charge on any atom is 0.251 e. The number of hydrogen-bond acceptors (Lipinski definition) is 5. The molecular formula is C21H22N2O2S2. The number of hydrogen-bond donors (Lipinski definition) is 1. The topological polar surface area (TPSA) is 51.2 Å². The van der Waals surface area contributed by atoms with E-state index in [4.69, 9.17) is 4.74 Å². The Bertz CT molecular complexity index is 891. The van der Waals surface area contributed by atoms with Crippen LogP contribution in [0.3, 0.4) is 0 Å². The number of thiazole rings is 1. The van der Waals surface area contributed by atoms with Crippen LogP contribution in [0.5, 0.6) is 5.75 Å². The van der Waals surface area contributed by atoms with Crippen molar-refractivity contribution in [3.8, 4) is 5.75 Å². The summed E-state index contributed by atoms with van der Waals surface area (Å²) >= 11 is 3.38. The number of rotatable bonds is 8. The van der Waals surface area contributed by atoms with Gasteiger partial charge < -0.3 is 10.1 Å². The second-order valence-corrected chi connectivity index (χ2v) is 8.19. The summed E-state index contributed by atoms with van der Waals surface area (Å²) in [7, 11) is 0. The van der Waals surface area contributed by atoms with Crippen molar-refractivity contribution in [3.63, 3.8) is 0 Å². The molecule has 0 saturated carbocycles. The van der Waals surface area contributed by atoms with E-state index in [9.17, 15) is 4.79 Å². The van der Waals surface area contributed by atoms with Crippen molar-refractivity contribution in [3.05, 3.63) is 76.3 Å². The van der Waals surface area contributed by atoms with Gasteiger partial charge in [-0.3, -0.25) is 4.79 Å². The van der Waals surface area contributed by atoms with E-state index in [1.807, 2.05) is 62.4 Å². The highest BCUT2D eigenvalue weighted by Gasteiger charge is 2.06. The highest BCUT2D eigenvalue weighted by Crippen LogP contribution is 2.26. The van der Waals surface area contributed by atoms with Crippen LogP contribution < -0.4 is 10.1 Å². The molecule has 3 aromatic rings. The molecule has 1 aromatic heterocycles. The third-order valence-electron chi connectivity index (χ3n) is 3.92. The molecule has 0 saturated heterocycles. The van der Waals surface area contributed by atoms with Crippen LogP contribution in [-0.2, 0) is 5.75 Å². The minimum absolute atomic E-state index is 0.0851. The lowest BCUT2D eigenvalue weighted by Gasteiger charge is -2.10. The van der Waals surface area contributed by atoms with Gasteiger partial charge in [-0.15, -0.1) is 11.3 Å². The zero-order valence-electron chi connectivity index (χ0n) is 15.4. The van der Waals surface area contributed by atoms with Crippen LogP contribution in [0.25, 0.3) is 0 Å². The van der Waals surface area contributed by atoms with E-state index in [1.165, 1.54) is 5.56 Å². The maximum atomic E-state index is 12.2. The quantitative estimate of drug-likeness (QED) is 0.435. The number of carbonyl (C=O) groups excluding carboxylic acids is 1. The highest BCUT2D eigenvalue weighted by atomic mass is 32.2. The first-order valence-corrected chi connectivity index (χ1v) is 10.6. The molecule has 0 bridgehead atoms. The molecule has 3 rings (SSSR count). The first-order valence-electron chi connectivity index (χ1n) is 8.72. The van der Waals surface area contributed by atoms with Gasteiger partial charge in [-0.2, -0.15) is 0 Å². The second kappa shape index (κ2) is 9.58. The highest BCUT2D eigenvalue weighted by molar-refractivity contribution is 8.00. The zero-order chi connectivity index (χ0) is 19.1. The van der Waals surface area contributed by atoms with Crippen molar-refractivity contribution in [2.24, 2.45) is 0 Å². The average Bonchev–Trinajstić information content (AvgIpc) is 3.10. The van der Waals surface area contributed by atoms with Crippen LogP contribution in [0.15, 0.2) is 58.3 Å². The largest absolute Gasteiger partial charge is 0.491 e. The molecule has 140 valence electrons. The summed E-state index contributed by atoms with van der Waals surface area (Å²) in [6.45, 7) is 4.91. The fourth-order valence-corrected chi connectivity index (χ4v) is 4.25. The summed E-state index contributed by atoms with van der Waals surface area (Å²) in [5.41, 5.74) is 3.98. The molecule has 0 unspecified atom stereocenters. The number of benzene rings is 2. The van der Waals surface area contributed by atoms with Crippen molar-refractivity contribution >= 4 is 29.0 Å². The van der Waals surface area contributed by atoms with Crippen LogP contribution in [0.4, 0.5) is 0 Å². The molecule has 1 amide bonds. The zero-order valence-corrected chi connectivity index (χ0v) is 17.0. The first kappa shape index (κ1) is 19.5.